The van der Waals surface area contributed by atoms with E-state index >= 15 is 0 Å². The molecule has 0 N–H and O–H groups in total. The molecule has 0 radical (unpaired) electrons. The molecule has 1 unspecified atom stereocenters. The minimum Gasteiger partial charge on any atom is -0.417 e. The van der Waals surface area contributed by atoms with E-state index in [-0.39, 0.29) is 35.7 Å². The monoisotopic (exact) mass is 637 g/mol. The van der Waals surface area contributed by atoms with Gasteiger partial charge in [0, 0.05) is 67.9 Å². The summed E-state index contributed by atoms with van der Waals surface area (Å²) in [5.41, 5.74) is 0.279. The summed E-state index contributed by atoms with van der Waals surface area (Å²) in [5.74, 6) is 0.978. The number of nitro groups is 1. The molecule has 0 aliphatic carbocycles. The number of aromatic nitrogens is 3. The van der Waals surface area contributed by atoms with Crippen LogP contribution in [-0.4, -0.2) is 33.2 Å². The average Bonchev–Trinajstić information content (AvgIpc) is 3.05. The summed E-state index contributed by atoms with van der Waals surface area (Å²) in [4.78, 5) is 27.0. The first-order chi connectivity index (χ1) is 21.5. The van der Waals surface area contributed by atoms with Crippen molar-refractivity contribution in [3.63, 3.8) is 0 Å². The van der Waals surface area contributed by atoms with Gasteiger partial charge in [-0.1, -0.05) is 36.9 Å². The average molecular weight is 638 g/mol. The Bertz CT molecular complexity index is 1440. The molecule has 0 spiro atoms. The lowest BCUT2D eigenvalue weighted by molar-refractivity contribution is -0.384. The molecule has 1 atom stereocenters. The Morgan fingerprint density at radius 2 is 1.43 bits per heavy atom. The first kappa shape index (κ1) is 33.7. The Balaban J connectivity index is 0.000000676. The van der Waals surface area contributed by atoms with Gasteiger partial charge in [0.05, 0.1) is 17.6 Å². The van der Waals surface area contributed by atoms with Crippen molar-refractivity contribution < 1.29 is 32.1 Å². The highest BCUT2D eigenvalue weighted by molar-refractivity contribution is 7.42. The van der Waals surface area contributed by atoms with Crippen LogP contribution in [0.5, 0.6) is 23.4 Å². The van der Waals surface area contributed by atoms with Crippen molar-refractivity contribution >= 4 is 29.1 Å². The summed E-state index contributed by atoms with van der Waals surface area (Å²) in [6.07, 6.45) is 11.5. The first-order valence-corrected chi connectivity index (χ1v) is 15.0. The fraction of sp³-hybridized carbons (Fsp3) is 0.103. The summed E-state index contributed by atoms with van der Waals surface area (Å²) in [5, 5.41) is 11.4. The topological polar surface area (TPSA) is 150 Å². The predicted octanol–water partition coefficient (Wildman–Crippen LogP) is 7.79. The molecule has 13 nitrogen and oxygen atoms in total. The molecule has 1 aromatic carbocycles. The zero-order valence-electron chi connectivity index (χ0n) is 23.8. The third-order valence-corrected chi connectivity index (χ3v) is 6.75. The number of nitrogens with zero attached hydrogens (tertiary/aromatic N) is 5. The van der Waals surface area contributed by atoms with E-state index in [0.717, 1.165) is 0 Å². The van der Waals surface area contributed by atoms with Crippen molar-refractivity contribution in [3.05, 3.63) is 132 Å². The minimum absolute atomic E-state index is 0.0881. The number of pyridine rings is 3. The highest BCUT2D eigenvalue weighted by Gasteiger charge is 2.24. The van der Waals surface area contributed by atoms with E-state index in [2.05, 4.69) is 26.5 Å². The summed E-state index contributed by atoms with van der Waals surface area (Å²) in [7, 11) is -2.61. The molecule has 4 aromatic rings. The molecule has 0 aliphatic heterocycles. The summed E-state index contributed by atoms with van der Waals surface area (Å²) in [6.45, 7) is 5.28. The molecule has 0 saturated heterocycles. The van der Waals surface area contributed by atoms with E-state index in [9.17, 15) is 10.1 Å². The van der Waals surface area contributed by atoms with Gasteiger partial charge in [-0.25, -0.2) is 15.0 Å². The number of benzene rings is 1. The van der Waals surface area contributed by atoms with Crippen LogP contribution in [0.3, 0.4) is 0 Å². The quantitative estimate of drug-likeness (QED) is 0.0544. The minimum atomic E-state index is -2.01. The Hall–Kier alpha value is -4.80. The van der Waals surface area contributed by atoms with Gasteiger partial charge in [0.25, 0.3) is 5.69 Å². The molecule has 3 aromatic heterocycles. The van der Waals surface area contributed by atoms with E-state index < -0.39 is 22.1 Å². The molecule has 3 heterocycles. The molecule has 0 bridgehead atoms. The van der Waals surface area contributed by atoms with Crippen molar-refractivity contribution in [1.82, 2.24) is 15.0 Å². The molecule has 44 heavy (non-hydrogen) atoms. The zero-order chi connectivity index (χ0) is 31.4. The molecule has 228 valence electrons. The van der Waals surface area contributed by atoms with E-state index in [1.807, 2.05) is 13.0 Å². The van der Waals surface area contributed by atoms with Crippen molar-refractivity contribution in [3.8, 4) is 23.4 Å². The van der Waals surface area contributed by atoms with Crippen molar-refractivity contribution in [2.45, 2.75) is 13.5 Å². The van der Waals surface area contributed by atoms with Crippen LogP contribution < -0.4 is 18.1 Å². The third-order valence-electron chi connectivity index (χ3n) is 4.75. The molecule has 0 aliphatic rings. The Labute approximate surface area is 257 Å². The number of hydrogen-bond donors (Lipinski definition) is 0. The van der Waals surface area contributed by atoms with E-state index in [1.54, 1.807) is 91.7 Å². The van der Waals surface area contributed by atoms with Gasteiger partial charge in [-0.3, -0.25) is 24.2 Å². The molecule has 0 fully saturated rings. The Kier molecular flexibility index (Phi) is 14.9. The van der Waals surface area contributed by atoms with Crippen LogP contribution in [0.4, 0.5) is 5.69 Å². The van der Waals surface area contributed by atoms with E-state index in [1.165, 1.54) is 25.3 Å². The summed E-state index contributed by atoms with van der Waals surface area (Å²) >= 11 is 0. The molecular formula is C29H29N5O8P2. The van der Waals surface area contributed by atoms with Crippen molar-refractivity contribution in [1.29, 1.82) is 0 Å². The highest BCUT2D eigenvalue weighted by Crippen LogP contribution is 2.45. The fourth-order valence-electron chi connectivity index (χ4n) is 2.86. The molecule has 4 rings (SSSR count). The van der Waals surface area contributed by atoms with Gasteiger partial charge in [0.2, 0.25) is 17.6 Å². The second-order valence-corrected chi connectivity index (χ2v) is 10.1. The maximum absolute atomic E-state index is 11.4. The number of hydrogen-bond acceptors (Lipinski definition) is 12. The van der Waals surface area contributed by atoms with Gasteiger partial charge in [0.1, 0.15) is 5.75 Å². The maximum Gasteiger partial charge on any atom is 0.466 e. The van der Waals surface area contributed by atoms with Crippen LogP contribution in [0.2, 0.25) is 0 Å². The van der Waals surface area contributed by atoms with E-state index in [0.29, 0.717) is 5.56 Å². The number of nitro benzene ring substituents is 1. The van der Waals surface area contributed by atoms with Crippen LogP contribution >= 0.6 is 17.2 Å². The molecule has 0 amide bonds. The zero-order valence-corrected chi connectivity index (χ0v) is 25.6. The molecule has 15 heteroatoms. The van der Waals surface area contributed by atoms with E-state index in [4.69, 9.17) is 27.1 Å². The molecular weight excluding hydrogens is 608 g/mol. The van der Waals surface area contributed by atoms with Gasteiger partial charge >= 0.3 is 17.2 Å². The number of aliphatic imine (C=N–C) groups is 1. The standard InChI is InChI=1S/C23H20N4O8P2.C6H9N/c1-30-36(33-21-8-2-5-13-24-21)32-20-16-19(27(28)29)12-11-18(20)17-31-37(34-22-9-3-6-14-25-22)35-23-10-4-7-15-26-23;1-3-5-7-6-4-2/h2-16H,17H2,1H3;3-6H,1H2,2H3/b;6-4-,7-5?. The fourth-order valence-corrected chi connectivity index (χ4v) is 4.54. The van der Waals surface area contributed by atoms with Gasteiger partial charge < -0.3 is 18.1 Å². The normalized spacial score (nSPS) is 11.4. The lowest BCUT2D eigenvalue weighted by Gasteiger charge is -2.19. The second kappa shape index (κ2) is 19.4. The van der Waals surface area contributed by atoms with Gasteiger partial charge in [-0.15, -0.1) is 0 Å². The van der Waals surface area contributed by atoms with Crippen molar-refractivity contribution in [2.75, 3.05) is 7.11 Å². The van der Waals surface area contributed by atoms with Crippen LogP contribution in [0.25, 0.3) is 0 Å². The lowest BCUT2D eigenvalue weighted by atomic mass is 10.2. The SMILES string of the molecule is C=CC=N/C=C\C.COP(Oc1ccccn1)Oc1cc([N+](=O)[O-])ccc1COP(Oc1ccccn1)Oc1ccccn1. The Morgan fingerprint density at radius 3 is 1.89 bits per heavy atom. The lowest BCUT2D eigenvalue weighted by Crippen LogP contribution is -2.04. The number of non-ortho nitro benzene ring substituents is 1. The van der Waals surface area contributed by atoms with Crippen LogP contribution in [0, 0.1) is 10.1 Å². The molecule has 0 saturated carbocycles. The van der Waals surface area contributed by atoms with Gasteiger partial charge in [-0.05, 0) is 31.2 Å². The number of rotatable bonds is 15. The predicted molar refractivity (Wildman–Crippen MR) is 167 cm³/mol. The maximum atomic E-state index is 11.4. The second-order valence-electron chi connectivity index (χ2n) is 7.84. The highest BCUT2D eigenvalue weighted by atomic mass is 31.2. The summed E-state index contributed by atoms with van der Waals surface area (Å²) in [6, 6.07) is 19.5. The van der Waals surface area contributed by atoms with Gasteiger partial charge in [-0.2, -0.15) is 0 Å². The van der Waals surface area contributed by atoms with Crippen LogP contribution in [-0.2, 0) is 15.7 Å². The first-order valence-electron chi connectivity index (χ1n) is 12.8. The third kappa shape index (κ3) is 12.2. The van der Waals surface area contributed by atoms with Crippen molar-refractivity contribution in [2.24, 2.45) is 4.99 Å². The summed E-state index contributed by atoms with van der Waals surface area (Å²) < 4.78 is 34.3. The Morgan fingerprint density at radius 1 is 0.864 bits per heavy atom. The smallest absolute Gasteiger partial charge is 0.417 e. The van der Waals surface area contributed by atoms with Crippen LogP contribution in [0.15, 0.2) is 121 Å². The number of allylic oxidation sites excluding steroid dienone is 2. The van der Waals surface area contributed by atoms with Crippen LogP contribution in [0.1, 0.15) is 12.5 Å². The van der Waals surface area contributed by atoms with Gasteiger partial charge in [0.15, 0.2) is 0 Å². The largest absolute Gasteiger partial charge is 0.466 e.